The fraction of sp³-hybridized carbons (Fsp3) is 0.591. The van der Waals surface area contributed by atoms with Crippen molar-refractivity contribution in [3.63, 3.8) is 0 Å². The van der Waals surface area contributed by atoms with Crippen molar-refractivity contribution in [3.05, 3.63) is 38.2 Å². The van der Waals surface area contributed by atoms with E-state index in [1.54, 1.807) is 0 Å². The van der Waals surface area contributed by atoms with Crippen molar-refractivity contribution < 1.29 is 22.9 Å². The predicted molar refractivity (Wildman–Crippen MR) is 127 cm³/mol. The summed E-state index contributed by atoms with van der Waals surface area (Å²) in [6.07, 6.45) is -2.05. The van der Waals surface area contributed by atoms with Crippen LogP contribution in [0.4, 0.5) is 24.0 Å². The molecular weight excluding hydrogens is 487 g/mol. The molecule has 0 bridgehead atoms. The number of aromatic nitrogens is 1. The zero-order valence-electron chi connectivity index (χ0n) is 19.4. The smallest absolute Gasteiger partial charge is 0.396 e. The predicted octanol–water partition coefficient (Wildman–Crippen LogP) is 4.29. The highest BCUT2D eigenvalue weighted by molar-refractivity contribution is 7.22. The Morgan fingerprint density at radius 3 is 2.60 bits per heavy atom. The molecule has 0 amide bonds. The van der Waals surface area contributed by atoms with Gasteiger partial charge in [-0.15, -0.1) is 0 Å². The van der Waals surface area contributed by atoms with Crippen LogP contribution < -0.4 is 10.5 Å². The van der Waals surface area contributed by atoms with Gasteiger partial charge >= 0.3 is 6.18 Å². The summed E-state index contributed by atoms with van der Waals surface area (Å²) in [6.45, 7) is 8.19. The van der Waals surface area contributed by atoms with Gasteiger partial charge in [0.1, 0.15) is 11.3 Å². The van der Waals surface area contributed by atoms with Crippen LogP contribution in [0.5, 0.6) is 0 Å². The fourth-order valence-corrected chi connectivity index (χ4v) is 5.96. The molecule has 2 aliphatic rings. The SMILES string of the molecule is CCO/N=C(\C)CN1CCC2(CCN(c3nc(=O)c4cc(C(F)(F)F)cc([N+](=O)[O-])c4s3)CC2)C1. The van der Waals surface area contributed by atoms with Crippen molar-refractivity contribution in [2.75, 3.05) is 44.2 Å². The van der Waals surface area contributed by atoms with E-state index in [1.807, 2.05) is 18.7 Å². The van der Waals surface area contributed by atoms with Crippen LogP contribution >= 0.6 is 11.3 Å². The lowest BCUT2D eigenvalue weighted by molar-refractivity contribution is -0.383. The first kappa shape index (κ1) is 25.3. The summed E-state index contributed by atoms with van der Waals surface area (Å²) in [7, 11) is 0. The van der Waals surface area contributed by atoms with Gasteiger partial charge in [0.2, 0.25) is 0 Å². The molecule has 0 unspecified atom stereocenters. The van der Waals surface area contributed by atoms with Gasteiger partial charge < -0.3 is 9.74 Å². The zero-order chi connectivity index (χ0) is 25.4. The molecule has 35 heavy (non-hydrogen) atoms. The van der Waals surface area contributed by atoms with Crippen molar-refractivity contribution in [2.24, 2.45) is 10.6 Å². The Labute approximate surface area is 203 Å². The van der Waals surface area contributed by atoms with Gasteiger partial charge in [-0.25, -0.2) is 0 Å². The molecule has 0 aliphatic carbocycles. The first-order chi connectivity index (χ1) is 16.5. The standard InChI is InChI=1S/C22H26F3N5O4S/c1-3-34-27-14(2)12-28-7-4-21(13-28)5-8-29(9-6-21)20-26-19(31)16-10-15(22(23,24)25)11-17(30(32)33)18(16)35-20/h10-11H,3-9,12-13H2,1-2H3/b27-14+. The summed E-state index contributed by atoms with van der Waals surface area (Å²) in [5.74, 6) is 0. The van der Waals surface area contributed by atoms with Crippen molar-refractivity contribution >= 4 is 38.0 Å². The van der Waals surface area contributed by atoms with Crippen molar-refractivity contribution in [3.8, 4) is 0 Å². The van der Waals surface area contributed by atoms with Gasteiger partial charge in [0.15, 0.2) is 5.13 Å². The maximum atomic E-state index is 13.2. The van der Waals surface area contributed by atoms with E-state index < -0.39 is 27.9 Å². The fourth-order valence-electron chi connectivity index (χ4n) is 4.85. The molecule has 1 spiro atoms. The molecule has 0 N–H and O–H groups in total. The van der Waals surface area contributed by atoms with E-state index in [4.69, 9.17) is 4.84 Å². The third-order valence-corrected chi connectivity index (χ3v) is 7.79. The molecular formula is C22H26F3N5O4S. The Bertz CT molecular complexity index is 1210. The quantitative estimate of drug-likeness (QED) is 0.323. The number of likely N-dealkylation sites (tertiary alicyclic amines) is 1. The number of hydrogen-bond acceptors (Lipinski definition) is 9. The van der Waals surface area contributed by atoms with E-state index in [1.165, 1.54) is 0 Å². The van der Waals surface area contributed by atoms with Crippen LogP contribution in [0.15, 0.2) is 22.1 Å². The van der Waals surface area contributed by atoms with Gasteiger partial charge in [-0.1, -0.05) is 16.5 Å². The van der Waals surface area contributed by atoms with Crippen molar-refractivity contribution in [1.29, 1.82) is 0 Å². The molecule has 2 aromatic rings. The van der Waals surface area contributed by atoms with Crippen LogP contribution in [-0.2, 0) is 11.0 Å². The number of nitro benzene ring substituents is 1. The van der Waals surface area contributed by atoms with Gasteiger partial charge in [-0.3, -0.25) is 19.8 Å². The van der Waals surface area contributed by atoms with E-state index in [9.17, 15) is 28.1 Å². The number of nitrogens with zero attached hydrogens (tertiary/aromatic N) is 5. The Morgan fingerprint density at radius 1 is 1.29 bits per heavy atom. The van der Waals surface area contributed by atoms with Crippen LogP contribution in [0.1, 0.15) is 38.7 Å². The van der Waals surface area contributed by atoms with E-state index >= 15 is 0 Å². The number of anilines is 1. The highest BCUT2D eigenvalue weighted by Gasteiger charge is 2.41. The second kappa shape index (κ2) is 9.69. The molecule has 190 valence electrons. The molecule has 0 atom stereocenters. The van der Waals surface area contributed by atoms with Gasteiger partial charge in [0.25, 0.3) is 11.2 Å². The van der Waals surface area contributed by atoms with Crippen LogP contribution in [0.3, 0.4) is 0 Å². The average Bonchev–Trinajstić information content (AvgIpc) is 3.18. The summed E-state index contributed by atoms with van der Waals surface area (Å²) in [6, 6.07) is 1.13. The largest absolute Gasteiger partial charge is 0.416 e. The Hall–Kier alpha value is -2.80. The molecule has 0 saturated carbocycles. The van der Waals surface area contributed by atoms with E-state index in [0.29, 0.717) is 37.0 Å². The van der Waals surface area contributed by atoms with Gasteiger partial charge in [-0.05, 0) is 51.1 Å². The number of hydrogen-bond donors (Lipinski definition) is 0. The zero-order valence-corrected chi connectivity index (χ0v) is 20.2. The number of nitro groups is 1. The maximum absolute atomic E-state index is 13.2. The number of fused-ring (bicyclic) bond motifs is 1. The Morgan fingerprint density at radius 2 is 1.97 bits per heavy atom. The first-order valence-electron chi connectivity index (χ1n) is 11.3. The molecule has 1 aromatic carbocycles. The molecule has 9 nitrogen and oxygen atoms in total. The number of rotatable bonds is 6. The Kier molecular flexibility index (Phi) is 7.00. The highest BCUT2D eigenvalue weighted by Crippen LogP contribution is 2.43. The molecule has 13 heteroatoms. The minimum atomic E-state index is -4.81. The lowest BCUT2D eigenvalue weighted by atomic mass is 9.78. The summed E-state index contributed by atoms with van der Waals surface area (Å²) in [5.41, 5.74) is -1.80. The molecule has 4 rings (SSSR count). The topological polar surface area (TPSA) is 101 Å². The second-order valence-electron chi connectivity index (χ2n) is 9.12. The number of alkyl halides is 3. The molecule has 2 aliphatic heterocycles. The highest BCUT2D eigenvalue weighted by atomic mass is 32.1. The van der Waals surface area contributed by atoms with E-state index in [2.05, 4.69) is 15.0 Å². The number of non-ortho nitro benzene ring substituents is 1. The van der Waals surface area contributed by atoms with Crippen LogP contribution in [-0.4, -0.2) is 59.8 Å². The minimum Gasteiger partial charge on any atom is -0.396 e. The van der Waals surface area contributed by atoms with Crippen molar-refractivity contribution in [1.82, 2.24) is 9.88 Å². The summed E-state index contributed by atoms with van der Waals surface area (Å²) < 4.78 is 39.5. The van der Waals surface area contributed by atoms with E-state index in [0.717, 1.165) is 55.9 Å². The average molecular weight is 514 g/mol. The molecule has 2 saturated heterocycles. The second-order valence-corrected chi connectivity index (χ2v) is 10.1. The first-order valence-corrected chi connectivity index (χ1v) is 12.2. The third-order valence-electron chi connectivity index (χ3n) is 6.63. The number of halogens is 3. The number of benzene rings is 1. The Balaban J connectivity index is 1.52. The van der Waals surface area contributed by atoms with Crippen molar-refractivity contribution in [2.45, 2.75) is 39.3 Å². The van der Waals surface area contributed by atoms with Crippen LogP contribution in [0.25, 0.3) is 10.1 Å². The molecule has 0 radical (unpaired) electrons. The van der Waals surface area contributed by atoms with Gasteiger partial charge in [0.05, 0.1) is 21.6 Å². The van der Waals surface area contributed by atoms with E-state index in [-0.39, 0.29) is 15.5 Å². The number of oxime groups is 1. The minimum absolute atomic E-state index is 0.0885. The summed E-state index contributed by atoms with van der Waals surface area (Å²) in [4.78, 5) is 36.6. The number of piperidine rings is 1. The third kappa shape index (κ3) is 5.40. The van der Waals surface area contributed by atoms with Crippen LogP contribution in [0.2, 0.25) is 0 Å². The lowest BCUT2D eigenvalue weighted by Crippen LogP contribution is -2.42. The summed E-state index contributed by atoms with van der Waals surface area (Å²) in [5, 5.41) is 15.5. The lowest BCUT2D eigenvalue weighted by Gasteiger charge is -2.39. The monoisotopic (exact) mass is 513 g/mol. The molecule has 3 heterocycles. The molecule has 1 aromatic heterocycles. The van der Waals surface area contributed by atoms with Crippen LogP contribution in [0, 0.1) is 15.5 Å². The maximum Gasteiger partial charge on any atom is 0.416 e. The van der Waals surface area contributed by atoms with Gasteiger partial charge in [0, 0.05) is 32.2 Å². The van der Waals surface area contributed by atoms with Gasteiger partial charge in [-0.2, -0.15) is 18.2 Å². The molecule has 2 fully saturated rings. The normalized spacial score (nSPS) is 19.0. The summed E-state index contributed by atoms with van der Waals surface area (Å²) >= 11 is 0.895.